The first kappa shape index (κ1) is 127. The molecule has 0 aromatic carbocycles. The Morgan fingerprint density at radius 1 is 0.308 bits per heavy atom. The van der Waals surface area contributed by atoms with Gasteiger partial charge in [0.15, 0.2) is 0 Å². The van der Waals surface area contributed by atoms with E-state index in [1.807, 2.05) is 6.92 Å². The van der Waals surface area contributed by atoms with E-state index in [1.54, 1.807) is 0 Å². The van der Waals surface area contributed by atoms with Crippen LogP contribution in [0.4, 0.5) is 0 Å². The molecule has 4 atom stereocenters. The van der Waals surface area contributed by atoms with Gasteiger partial charge in [-0.05, 0) is 460 Å². The Kier molecular flexibility index (Phi) is 51.5. The predicted molar refractivity (Wildman–Crippen MR) is 572 cm³/mol. The molecule has 0 bridgehead atoms. The lowest BCUT2D eigenvalue weighted by Gasteiger charge is -2.51. The number of carbonyl (C=O) groups is 1. The average molecular weight is 1840 g/mol. The summed E-state index contributed by atoms with van der Waals surface area (Å²) in [6, 6.07) is 0.412. The summed E-state index contributed by atoms with van der Waals surface area (Å²) in [5.41, 5.74) is 5.05. The van der Waals surface area contributed by atoms with Crippen LogP contribution in [0, 0.1) is 34.5 Å². The number of nitrogens with zero attached hydrogens (tertiary/aromatic N) is 13. The number of amides is 1. The Balaban J connectivity index is 0.000000705. The number of aliphatic hydroxyl groups excluding tert-OH is 2. The van der Waals surface area contributed by atoms with Crippen molar-refractivity contribution in [2.24, 2.45) is 34.5 Å². The standard InChI is InChI=1S/C11H23N.C10H21N.2C9H19NO.2C9H19N.C8H16N2O.C8H17NO.3C8H17N.C8H15N.C7H15N/c1-10(2,3)12-8-6-11(4,5)7-9-12;1-9(2,3)11-7-6-10(4,5)8-11;1-9(2,3)10-6-4-5-8(10)7-11;1-9(2,3)10-6-4-5-8(11)7-10;2*1-8-5-6-10(7-8)9(2,3)4;1-8(2,3)10-5-4-9-7(11)6-10;1-7(2,3)9-5-8(4,10)6-9;2*1-7-5-9(6-7)8(2,3)4;2*1-8(2,3)9-6-4-5-7-9;1-7(2,3)8-5-4-6-8/h6-9H2,1-5H3;6-8H2,1-5H3;2*8,11H,4-7H2,1-3H3;2*8H,5-7H2,1-4H3;4-6H2,1-3H3,(H,9,11);10H,5-6H2,1-4H3;2*7H,5-6H2,1-4H3;4-7H2,1-3H3;4-5H,6-7H2,1-3H3;4-6H2,1-3H3. The number of nitrogens with one attached hydrogen (secondary N) is 1. The van der Waals surface area contributed by atoms with E-state index in [0.29, 0.717) is 79.9 Å². The van der Waals surface area contributed by atoms with Crippen molar-refractivity contribution in [2.75, 3.05) is 177 Å². The minimum Gasteiger partial charge on any atom is -0.395 e. The highest BCUT2D eigenvalue weighted by molar-refractivity contribution is 5.78. The summed E-state index contributed by atoms with van der Waals surface area (Å²) in [7, 11) is 0. The topological polar surface area (TPSA) is 132 Å². The molecule has 4 unspecified atom stereocenters. The Labute approximate surface area is 813 Å². The van der Waals surface area contributed by atoms with Crippen molar-refractivity contribution in [3.05, 3.63) is 12.2 Å². The maximum atomic E-state index is 11.0. The highest BCUT2D eigenvalue weighted by Gasteiger charge is 2.43. The quantitative estimate of drug-likeness (QED) is 0.186. The first-order chi connectivity index (χ1) is 58.3. The predicted octanol–water partition coefficient (Wildman–Crippen LogP) is 21.7. The summed E-state index contributed by atoms with van der Waals surface area (Å²) >= 11 is 0. The van der Waals surface area contributed by atoms with Crippen LogP contribution in [0.2, 0.25) is 0 Å². The number of hydrogen-bond donors (Lipinski definition) is 4. The summed E-state index contributed by atoms with van der Waals surface area (Å²) in [6.45, 7) is 139. The number of β-amino-alcohol motifs (C(OH)–C–C–N with tert-alkyl or cyclic N) is 2. The molecule has 12 fully saturated rings. The van der Waals surface area contributed by atoms with Gasteiger partial charge in [0.25, 0.3) is 0 Å². The number of piperazine rings is 1. The van der Waals surface area contributed by atoms with Crippen molar-refractivity contribution in [3.63, 3.8) is 0 Å². The lowest BCUT2D eigenvalue weighted by atomic mass is 9.81. The first-order valence-electron chi connectivity index (χ1n) is 53.0. The highest BCUT2D eigenvalue weighted by Crippen LogP contribution is 2.36. The van der Waals surface area contributed by atoms with E-state index in [-0.39, 0.29) is 34.2 Å². The van der Waals surface area contributed by atoms with Gasteiger partial charge in [0, 0.05) is 170 Å². The number of aliphatic hydroxyl groups is 3. The Morgan fingerprint density at radius 3 is 0.815 bits per heavy atom. The average Bonchev–Trinajstić information content (AvgIpc) is 1.32. The lowest BCUT2D eigenvalue weighted by Crippen LogP contribution is -2.65. The number of hydrogen-bond acceptors (Lipinski definition) is 17. The summed E-state index contributed by atoms with van der Waals surface area (Å²) in [6.07, 6.45) is 19.9. The van der Waals surface area contributed by atoms with Crippen molar-refractivity contribution in [3.8, 4) is 0 Å². The molecule has 0 spiro atoms. The van der Waals surface area contributed by atoms with E-state index in [1.165, 1.54) is 163 Å². The molecule has 13 aliphatic rings. The van der Waals surface area contributed by atoms with Crippen LogP contribution in [0.15, 0.2) is 12.2 Å². The van der Waals surface area contributed by atoms with Gasteiger partial charge in [-0.15, -0.1) is 0 Å². The molecular formula is C112H234N14O4. The van der Waals surface area contributed by atoms with Crippen LogP contribution >= 0.6 is 0 Å². The molecule has 18 heteroatoms. The van der Waals surface area contributed by atoms with Crippen LogP contribution in [-0.4, -0.2) is 351 Å². The largest absolute Gasteiger partial charge is 0.395 e. The second kappa shape index (κ2) is 52.9. The SMILES string of the molecule is CC(C)(C)N1CC=CC1.CC(C)(C)N1CCC1.CC(C)(C)N1CCCC(O)C1.CC(C)(C)N1CCCC1.CC(C)(C)N1CCCC1CO.CC(C)(C)N1CCNC(=O)C1.CC1(C)CCN(C(C)(C)C)C1.CC1(C)CCN(C(C)(C)C)CC1.CC1(O)CN(C(C)(C)C)C1.CC1CCN(C(C)(C)C)C1.CC1CCN(C(C)(C)C)C1.CC1CN(C(C)(C)C)C1.CC1CN(C(C)(C)C)C1. The Morgan fingerprint density at radius 2 is 0.615 bits per heavy atom. The van der Waals surface area contributed by atoms with Crippen LogP contribution in [0.3, 0.4) is 0 Å². The fourth-order valence-corrected chi connectivity index (χ4v) is 18.4. The second-order valence-corrected chi connectivity index (χ2v) is 56.9. The van der Waals surface area contributed by atoms with Crippen LogP contribution in [0.5, 0.6) is 0 Å². The maximum absolute atomic E-state index is 11.0. The molecule has 0 saturated carbocycles. The van der Waals surface area contributed by atoms with Crippen LogP contribution in [-0.2, 0) is 4.79 Å². The van der Waals surface area contributed by atoms with E-state index in [0.717, 1.165) is 102 Å². The van der Waals surface area contributed by atoms with Crippen LogP contribution < -0.4 is 5.32 Å². The fraction of sp³-hybridized carbons (Fsp3) is 0.973. The van der Waals surface area contributed by atoms with Gasteiger partial charge in [0.05, 0.1) is 24.9 Å². The zero-order chi connectivity index (χ0) is 101. The van der Waals surface area contributed by atoms with Crippen molar-refractivity contribution in [1.29, 1.82) is 0 Å². The van der Waals surface area contributed by atoms with Crippen molar-refractivity contribution in [1.82, 2.24) is 69.0 Å². The smallest absolute Gasteiger partial charge is 0.234 e. The monoisotopic (exact) mass is 1840 g/mol. The first-order valence-corrected chi connectivity index (χ1v) is 53.0. The molecule has 0 aliphatic carbocycles. The lowest BCUT2D eigenvalue weighted by molar-refractivity contribution is -0.125. The Bertz CT molecular complexity index is 2950. The minimum absolute atomic E-state index is 0.0945. The van der Waals surface area contributed by atoms with Crippen LogP contribution in [0.25, 0.3) is 0 Å². The number of carbonyl (C=O) groups excluding carboxylic acids is 1. The molecule has 0 aromatic heterocycles. The second-order valence-electron chi connectivity index (χ2n) is 56.9. The zero-order valence-electron chi connectivity index (χ0n) is 96.8. The summed E-state index contributed by atoms with van der Waals surface area (Å²) < 4.78 is 0. The van der Waals surface area contributed by atoms with E-state index >= 15 is 0 Å². The van der Waals surface area contributed by atoms with Gasteiger partial charge in [-0.3, -0.25) is 68.5 Å². The molecule has 13 heterocycles. The molecule has 130 heavy (non-hydrogen) atoms. The third kappa shape index (κ3) is 52.2. The van der Waals surface area contributed by atoms with Gasteiger partial charge < -0.3 is 20.6 Å². The third-order valence-electron chi connectivity index (χ3n) is 28.9. The molecule has 776 valence electrons. The van der Waals surface area contributed by atoms with E-state index < -0.39 is 5.60 Å². The van der Waals surface area contributed by atoms with Gasteiger partial charge >= 0.3 is 0 Å². The summed E-state index contributed by atoms with van der Waals surface area (Å²) in [5, 5.41) is 30.7. The van der Waals surface area contributed by atoms with E-state index in [4.69, 9.17) is 5.11 Å². The van der Waals surface area contributed by atoms with Crippen molar-refractivity contribution < 1.29 is 20.1 Å². The molecule has 4 N–H and O–H groups in total. The molecule has 0 radical (unpaired) electrons. The highest BCUT2D eigenvalue weighted by atomic mass is 16.3. The fourth-order valence-electron chi connectivity index (χ4n) is 18.4. The minimum atomic E-state index is -0.423. The molecule has 18 nitrogen and oxygen atoms in total. The molecular weight excluding hydrogens is 1610 g/mol. The van der Waals surface area contributed by atoms with Crippen molar-refractivity contribution >= 4 is 5.91 Å². The number of rotatable bonds is 1. The van der Waals surface area contributed by atoms with Gasteiger partial charge in [-0.2, -0.15) is 0 Å². The summed E-state index contributed by atoms with van der Waals surface area (Å²) in [4.78, 5) is 43.0. The number of likely N-dealkylation sites (tertiary alicyclic amines) is 11. The van der Waals surface area contributed by atoms with Gasteiger partial charge in [0.1, 0.15) is 0 Å². The number of piperidine rings is 2. The van der Waals surface area contributed by atoms with Gasteiger partial charge in [0.2, 0.25) is 5.91 Å². The molecule has 1 amide bonds. The van der Waals surface area contributed by atoms with E-state index in [2.05, 4.69) is 407 Å². The molecule has 12 saturated heterocycles. The maximum Gasteiger partial charge on any atom is 0.234 e. The summed E-state index contributed by atoms with van der Waals surface area (Å²) in [5.74, 6) is 3.85. The van der Waals surface area contributed by atoms with Gasteiger partial charge in [-0.1, -0.05) is 67.5 Å². The third-order valence-corrected chi connectivity index (χ3v) is 28.9. The molecule has 13 aliphatic heterocycles. The normalized spacial score (nSPS) is 25.5. The molecule has 13 rings (SSSR count). The van der Waals surface area contributed by atoms with Crippen molar-refractivity contribution in [2.45, 2.75) is 499 Å². The zero-order valence-corrected chi connectivity index (χ0v) is 96.8. The van der Waals surface area contributed by atoms with Crippen LogP contribution in [0.1, 0.15) is 409 Å². The Hall–Kier alpha value is -1.43. The molecule has 0 aromatic rings. The van der Waals surface area contributed by atoms with E-state index in [9.17, 15) is 15.0 Å². The van der Waals surface area contributed by atoms with Gasteiger partial charge in [-0.25, -0.2) is 0 Å².